The van der Waals surface area contributed by atoms with Crippen LogP contribution in [-0.4, -0.2) is 58.8 Å². The first-order valence-corrected chi connectivity index (χ1v) is 9.96. The Hall–Kier alpha value is -3.63. The fourth-order valence-electron chi connectivity index (χ4n) is 3.58. The molecule has 0 saturated carbocycles. The Morgan fingerprint density at radius 3 is 2.36 bits per heavy atom. The summed E-state index contributed by atoms with van der Waals surface area (Å²) >= 11 is 0. The Kier molecular flexibility index (Phi) is 6.61. The molecule has 2 aromatic carbocycles. The van der Waals surface area contributed by atoms with E-state index >= 15 is 4.39 Å². The molecular weight excluding hydrogens is 444 g/mol. The fraction of sp³-hybridized carbons (Fsp3) is 0.318. The Bertz CT molecular complexity index is 1070. The molecule has 4 rings (SSSR count). The molecule has 7 nitrogen and oxygen atoms in total. The number of carbonyl (C=O) groups excluding carboxylic acids is 1. The number of halogens is 4. The maximum atomic E-state index is 15.2. The molecule has 1 spiro atoms. The number of nitrogens with one attached hydrogen (secondary N) is 1. The molecule has 2 unspecified atom stereocenters. The highest BCUT2D eigenvalue weighted by Crippen LogP contribution is 2.36. The van der Waals surface area contributed by atoms with Crippen molar-refractivity contribution in [2.45, 2.75) is 31.4 Å². The second kappa shape index (κ2) is 9.08. The predicted molar refractivity (Wildman–Crippen MR) is 114 cm³/mol. The number of aliphatic imine (C=N–C) groups is 1. The summed E-state index contributed by atoms with van der Waals surface area (Å²) in [7, 11) is 0. The minimum absolute atomic E-state index is 0.0152. The number of carboxylic acid groups (broad SMARTS) is 1. The normalized spacial score (nSPS) is 21.8. The molecule has 176 valence electrons. The summed E-state index contributed by atoms with van der Waals surface area (Å²) in [6, 6.07) is 14.8. The Morgan fingerprint density at radius 1 is 1.18 bits per heavy atom. The molecule has 2 heterocycles. The number of carboxylic acids is 1. The van der Waals surface area contributed by atoms with Crippen molar-refractivity contribution in [3.8, 4) is 0 Å². The first-order valence-electron chi connectivity index (χ1n) is 9.96. The van der Waals surface area contributed by atoms with E-state index in [0.29, 0.717) is 24.4 Å². The highest BCUT2D eigenvalue weighted by Gasteiger charge is 2.47. The van der Waals surface area contributed by atoms with Gasteiger partial charge in [-0.15, -0.1) is 0 Å². The van der Waals surface area contributed by atoms with Gasteiger partial charge in [0.25, 0.3) is 5.91 Å². The molecule has 0 radical (unpaired) electrons. The van der Waals surface area contributed by atoms with Crippen LogP contribution in [0.15, 0.2) is 53.5 Å². The third kappa shape index (κ3) is 5.24. The Morgan fingerprint density at radius 2 is 1.79 bits per heavy atom. The molecule has 1 amide bonds. The van der Waals surface area contributed by atoms with E-state index in [1.165, 1.54) is 0 Å². The summed E-state index contributed by atoms with van der Waals surface area (Å²) in [6.07, 6.45) is -6.07. The summed E-state index contributed by atoms with van der Waals surface area (Å²) in [6.45, 7) is 2.36. The average molecular weight is 466 g/mol. The quantitative estimate of drug-likeness (QED) is 0.559. The number of hydrogen-bond donors (Lipinski definition) is 3. The number of nitrogens with zero attached hydrogens (tertiary/aromatic N) is 2. The van der Waals surface area contributed by atoms with Gasteiger partial charge in [0.1, 0.15) is 5.84 Å². The third-order valence-corrected chi connectivity index (χ3v) is 5.36. The molecule has 2 aromatic rings. The number of hydrogen-bond acceptors (Lipinski definition) is 5. The van der Waals surface area contributed by atoms with Crippen LogP contribution in [0.25, 0.3) is 0 Å². The van der Waals surface area contributed by atoms with Gasteiger partial charge in [0.05, 0.1) is 6.54 Å². The van der Waals surface area contributed by atoms with Gasteiger partial charge in [-0.1, -0.05) is 29.8 Å². The minimum atomic E-state index is -5.08. The highest BCUT2D eigenvalue weighted by molar-refractivity contribution is 6.04. The lowest BCUT2D eigenvalue weighted by molar-refractivity contribution is -0.192. The summed E-state index contributed by atoms with van der Waals surface area (Å²) in [5, 5.41) is 10.3. The van der Waals surface area contributed by atoms with Crippen molar-refractivity contribution in [1.29, 1.82) is 0 Å². The summed E-state index contributed by atoms with van der Waals surface area (Å²) < 4.78 is 46.9. The highest BCUT2D eigenvalue weighted by atomic mass is 19.4. The van der Waals surface area contributed by atoms with Crippen molar-refractivity contribution < 1.29 is 32.3 Å². The van der Waals surface area contributed by atoms with E-state index in [9.17, 15) is 18.0 Å². The van der Waals surface area contributed by atoms with E-state index in [4.69, 9.17) is 15.6 Å². The number of fused-ring (bicyclic) bond motifs is 1. The SMILES string of the molecule is Cc1ccc(C(=O)N2CCC3(N=C(N)c4ccccc4N3)C(F)C2)cc1.O=C(O)C(F)(F)F. The van der Waals surface area contributed by atoms with E-state index in [0.717, 1.165) is 16.8 Å². The van der Waals surface area contributed by atoms with Gasteiger partial charge in [0.2, 0.25) is 0 Å². The van der Waals surface area contributed by atoms with Crippen LogP contribution in [0.1, 0.15) is 27.9 Å². The zero-order valence-corrected chi connectivity index (χ0v) is 17.6. The molecule has 2 aliphatic rings. The van der Waals surface area contributed by atoms with Crippen molar-refractivity contribution in [2.24, 2.45) is 10.7 Å². The molecule has 11 heteroatoms. The monoisotopic (exact) mass is 466 g/mol. The molecule has 0 bridgehead atoms. The first kappa shape index (κ1) is 24.0. The number of benzene rings is 2. The lowest BCUT2D eigenvalue weighted by Crippen LogP contribution is -2.59. The van der Waals surface area contributed by atoms with Crippen LogP contribution in [0.2, 0.25) is 0 Å². The summed E-state index contributed by atoms with van der Waals surface area (Å²) in [5.41, 5.74) is 8.18. The second-order valence-corrected chi connectivity index (χ2v) is 7.73. The number of anilines is 1. The standard InChI is InChI=1S/C20H21FN4O.C2HF3O2/c1-13-6-8-14(9-7-13)19(26)25-11-10-20(17(21)12-25)23-16-5-3-2-4-15(16)18(22)24-20;3-2(4,5)1(6)7/h2-9,17,23H,10-12H2,1H3,(H2,22,24);(H,6,7). The van der Waals surface area contributed by atoms with Crippen molar-refractivity contribution in [2.75, 3.05) is 18.4 Å². The number of rotatable bonds is 1. The number of amidine groups is 1. The predicted octanol–water partition coefficient (Wildman–Crippen LogP) is 3.34. The lowest BCUT2D eigenvalue weighted by atomic mass is 9.91. The molecular formula is C22H22F4N4O3. The van der Waals surface area contributed by atoms with Crippen molar-refractivity contribution >= 4 is 23.4 Å². The van der Waals surface area contributed by atoms with E-state index in [-0.39, 0.29) is 12.5 Å². The lowest BCUT2D eigenvalue weighted by Gasteiger charge is -2.44. The van der Waals surface area contributed by atoms with Gasteiger partial charge in [0, 0.05) is 29.8 Å². The van der Waals surface area contributed by atoms with Crippen molar-refractivity contribution in [1.82, 2.24) is 4.90 Å². The van der Waals surface area contributed by atoms with Gasteiger partial charge in [-0.3, -0.25) is 4.79 Å². The van der Waals surface area contributed by atoms with E-state index in [2.05, 4.69) is 10.3 Å². The van der Waals surface area contributed by atoms with Crippen LogP contribution < -0.4 is 11.1 Å². The molecule has 2 aliphatic heterocycles. The zero-order valence-electron chi connectivity index (χ0n) is 17.6. The number of para-hydroxylation sites is 1. The Balaban J connectivity index is 0.000000383. The number of nitrogens with two attached hydrogens (primary N) is 1. The number of piperidine rings is 1. The van der Waals surface area contributed by atoms with Gasteiger partial charge >= 0.3 is 12.1 Å². The number of aryl methyl sites for hydroxylation is 1. The fourth-order valence-corrected chi connectivity index (χ4v) is 3.58. The van der Waals surface area contributed by atoms with Crippen LogP contribution >= 0.6 is 0 Å². The minimum Gasteiger partial charge on any atom is -0.475 e. The van der Waals surface area contributed by atoms with Gasteiger partial charge in [0.15, 0.2) is 11.8 Å². The molecule has 33 heavy (non-hydrogen) atoms. The van der Waals surface area contributed by atoms with Gasteiger partial charge in [-0.25, -0.2) is 14.2 Å². The second-order valence-electron chi connectivity index (χ2n) is 7.73. The summed E-state index contributed by atoms with van der Waals surface area (Å²) in [4.78, 5) is 27.6. The molecule has 4 N–H and O–H groups in total. The van der Waals surface area contributed by atoms with Gasteiger partial charge in [-0.2, -0.15) is 13.2 Å². The number of alkyl halides is 4. The molecule has 1 saturated heterocycles. The first-order chi connectivity index (χ1) is 15.4. The van der Waals surface area contributed by atoms with Crippen LogP contribution in [0.5, 0.6) is 0 Å². The van der Waals surface area contributed by atoms with E-state index in [1.807, 2.05) is 43.3 Å². The van der Waals surface area contributed by atoms with Crippen LogP contribution in [0, 0.1) is 6.92 Å². The number of aliphatic carboxylic acids is 1. The topological polar surface area (TPSA) is 108 Å². The zero-order chi connectivity index (χ0) is 24.4. The summed E-state index contributed by atoms with van der Waals surface area (Å²) in [5.74, 6) is -2.58. The van der Waals surface area contributed by atoms with Crippen molar-refractivity contribution in [3.05, 3.63) is 65.2 Å². The van der Waals surface area contributed by atoms with Gasteiger partial charge < -0.3 is 21.1 Å². The van der Waals surface area contributed by atoms with Crippen LogP contribution in [-0.2, 0) is 4.79 Å². The third-order valence-electron chi connectivity index (χ3n) is 5.36. The maximum Gasteiger partial charge on any atom is 0.490 e. The maximum absolute atomic E-state index is 15.2. The van der Waals surface area contributed by atoms with E-state index in [1.54, 1.807) is 17.0 Å². The number of carbonyl (C=O) groups is 2. The van der Waals surface area contributed by atoms with Crippen LogP contribution in [0.4, 0.5) is 23.2 Å². The molecule has 2 atom stereocenters. The van der Waals surface area contributed by atoms with E-state index < -0.39 is 24.0 Å². The molecule has 1 fully saturated rings. The number of amides is 1. The molecule has 0 aliphatic carbocycles. The van der Waals surface area contributed by atoms with Crippen LogP contribution in [0.3, 0.4) is 0 Å². The molecule has 0 aromatic heterocycles. The number of likely N-dealkylation sites (tertiary alicyclic amines) is 1. The van der Waals surface area contributed by atoms with Crippen molar-refractivity contribution in [3.63, 3.8) is 0 Å². The Labute approximate surface area is 186 Å². The smallest absolute Gasteiger partial charge is 0.475 e. The average Bonchev–Trinajstić information content (AvgIpc) is 2.76. The van der Waals surface area contributed by atoms with Gasteiger partial charge in [-0.05, 0) is 31.2 Å². The largest absolute Gasteiger partial charge is 0.490 e.